The molecule has 1 amide bonds. The van der Waals surface area contributed by atoms with Crippen molar-refractivity contribution in [2.75, 3.05) is 23.5 Å². The minimum Gasteiger partial charge on any atom is -0.497 e. The maximum atomic E-state index is 14.5. The highest BCUT2D eigenvalue weighted by Gasteiger charge is 2.50. The van der Waals surface area contributed by atoms with Crippen LogP contribution >= 0.6 is 11.8 Å². The molecule has 2 saturated heterocycles. The first-order valence-corrected chi connectivity index (χ1v) is 11.8. The minimum atomic E-state index is -3.29. The van der Waals surface area contributed by atoms with Gasteiger partial charge in [-0.15, -0.1) is 0 Å². The van der Waals surface area contributed by atoms with Gasteiger partial charge in [0, 0.05) is 11.3 Å². The molecule has 10 heteroatoms. The van der Waals surface area contributed by atoms with Crippen molar-refractivity contribution in [3.05, 3.63) is 59.7 Å². The topological polar surface area (TPSA) is 76.0 Å². The number of carbonyl (C=O) groups excluding carboxylic acids is 1. The zero-order valence-electron chi connectivity index (χ0n) is 15.9. The number of aliphatic imine (C=N–C) groups is 1. The summed E-state index contributed by atoms with van der Waals surface area (Å²) in [4.78, 5) is 18.1. The summed E-state index contributed by atoms with van der Waals surface area (Å²) in [6, 6.07) is 9.46. The number of thioether (sulfide) groups is 1. The molecule has 6 nitrogen and oxygen atoms in total. The third-order valence-electron chi connectivity index (χ3n) is 4.97. The van der Waals surface area contributed by atoms with Gasteiger partial charge in [-0.2, -0.15) is 4.99 Å². The number of hydrogen-bond donors (Lipinski definition) is 0. The monoisotopic (exact) mass is 452 g/mol. The Morgan fingerprint density at radius 3 is 2.60 bits per heavy atom. The number of methoxy groups -OCH3 is 1. The van der Waals surface area contributed by atoms with Gasteiger partial charge >= 0.3 is 0 Å². The Kier molecular flexibility index (Phi) is 5.54. The van der Waals surface area contributed by atoms with Gasteiger partial charge in [0.15, 0.2) is 15.0 Å². The molecular weight excluding hydrogens is 434 g/mol. The number of halogens is 2. The minimum absolute atomic E-state index is 0.00416. The van der Waals surface area contributed by atoms with E-state index in [0.717, 1.165) is 29.5 Å². The first-order valence-electron chi connectivity index (χ1n) is 9.11. The quantitative estimate of drug-likeness (QED) is 0.710. The zero-order chi connectivity index (χ0) is 21.5. The highest BCUT2D eigenvalue weighted by molar-refractivity contribution is 8.16. The molecule has 158 valence electrons. The van der Waals surface area contributed by atoms with E-state index in [1.54, 1.807) is 31.4 Å². The van der Waals surface area contributed by atoms with E-state index in [4.69, 9.17) is 4.74 Å². The molecule has 30 heavy (non-hydrogen) atoms. The fourth-order valence-electron chi connectivity index (χ4n) is 3.59. The number of hydrogen-bond acceptors (Lipinski definition) is 5. The Hall–Kier alpha value is -2.46. The summed E-state index contributed by atoms with van der Waals surface area (Å²) in [6.07, 6.45) is 0.0292. The summed E-state index contributed by atoms with van der Waals surface area (Å²) < 4.78 is 57.1. The molecule has 0 saturated carbocycles. The lowest BCUT2D eigenvalue weighted by molar-refractivity contribution is -0.117. The van der Waals surface area contributed by atoms with Crippen LogP contribution in [0.15, 0.2) is 47.5 Å². The van der Waals surface area contributed by atoms with E-state index >= 15 is 0 Å². The molecule has 0 spiro atoms. The number of carbonyl (C=O) groups is 1. The Labute approximate surface area is 176 Å². The normalized spacial score (nSPS) is 23.6. The number of anilines is 1. The smallest absolute Gasteiger partial charge is 0.252 e. The van der Waals surface area contributed by atoms with Gasteiger partial charge in [-0.05, 0) is 29.8 Å². The van der Waals surface area contributed by atoms with E-state index in [0.29, 0.717) is 5.75 Å². The van der Waals surface area contributed by atoms with Crippen LogP contribution in [0.3, 0.4) is 0 Å². The van der Waals surface area contributed by atoms with Crippen LogP contribution in [0.2, 0.25) is 0 Å². The first-order chi connectivity index (χ1) is 14.3. The van der Waals surface area contributed by atoms with E-state index in [1.807, 2.05) is 0 Å². The molecule has 2 aliphatic heterocycles. The Bertz CT molecular complexity index is 1120. The predicted molar refractivity (Wildman–Crippen MR) is 112 cm³/mol. The van der Waals surface area contributed by atoms with Gasteiger partial charge in [-0.3, -0.25) is 4.79 Å². The fraction of sp³-hybridized carbons (Fsp3) is 0.300. The van der Waals surface area contributed by atoms with E-state index < -0.39 is 33.4 Å². The number of ether oxygens (including phenoxy) is 1. The molecule has 2 fully saturated rings. The third-order valence-corrected chi connectivity index (χ3v) is 8.18. The summed E-state index contributed by atoms with van der Waals surface area (Å²) in [7, 11) is -1.74. The zero-order valence-corrected chi connectivity index (χ0v) is 17.6. The number of nitrogens with zero attached hydrogens (tertiary/aromatic N) is 2. The molecule has 0 radical (unpaired) electrons. The van der Waals surface area contributed by atoms with Crippen molar-refractivity contribution in [1.29, 1.82) is 0 Å². The van der Waals surface area contributed by atoms with Crippen molar-refractivity contribution in [1.82, 2.24) is 0 Å². The second kappa shape index (κ2) is 7.99. The molecule has 2 aromatic carbocycles. The maximum Gasteiger partial charge on any atom is 0.252 e. The van der Waals surface area contributed by atoms with Crippen molar-refractivity contribution in [2.24, 2.45) is 4.99 Å². The van der Waals surface area contributed by atoms with Crippen LogP contribution in [0.4, 0.5) is 14.5 Å². The van der Waals surface area contributed by atoms with Crippen molar-refractivity contribution in [3.8, 4) is 5.75 Å². The third kappa shape index (κ3) is 4.20. The van der Waals surface area contributed by atoms with Crippen molar-refractivity contribution in [3.63, 3.8) is 0 Å². The summed E-state index contributed by atoms with van der Waals surface area (Å²) in [5, 5.41) is -0.143. The average molecular weight is 453 g/mol. The van der Waals surface area contributed by atoms with Crippen molar-refractivity contribution in [2.45, 2.75) is 17.7 Å². The molecule has 2 atom stereocenters. The van der Waals surface area contributed by atoms with Crippen LogP contribution in [0.5, 0.6) is 5.75 Å². The van der Waals surface area contributed by atoms with Crippen LogP contribution in [0, 0.1) is 11.6 Å². The summed E-state index contributed by atoms with van der Waals surface area (Å²) in [5.41, 5.74) is 0.736. The van der Waals surface area contributed by atoms with E-state index in [9.17, 15) is 22.0 Å². The first kappa shape index (κ1) is 20.8. The number of amidine groups is 1. The van der Waals surface area contributed by atoms with Crippen molar-refractivity contribution >= 4 is 38.4 Å². The van der Waals surface area contributed by atoms with Crippen LogP contribution < -0.4 is 9.64 Å². The molecule has 4 rings (SSSR count). The molecule has 2 aromatic rings. The highest BCUT2D eigenvalue weighted by atomic mass is 32.2. The molecule has 2 heterocycles. The van der Waals surface area contributed by atoms with Gasteiger partial charge < -0.3 is 9.64 Å². The lowest BCUT2D eigenvalue weighted by atomic mass is 10.1. The maximum absolute atomic E-state index is 14.5. The Morgan fingerprint density at radius 1 is 1.20 bits per heavy atom. The number of benzene rings is 2. The van der Waals surface area contributed by atoms with E-state index in [-0.39, 0.29) is 34.0 Å². The van der Waals surface area contributed by atoms with Gasteiger partial charge in [-0.25, -0.2) is 17.2 Å². The molecule has 0 unspecified atom stereocenters. The van der Waals surface area contributed by atoms with Crippen LogP contribution in [0.1, 0.15) is 5.56 Å². The Balaban J connectivity index is 1.63. The van der Waals surface area contributed by atoms with Gasteiger partial charge in [0.2, 0.25) is 0 Å². The van der Waals surface area contributed by atoms with E-state index in [1.165, 1.54) is 11.0 Å². The number of rotatable bonds is 4. The van der Waals surface area contributed by atoms with Crippen molar-refractivity contribution < 1.29 is 26.7 Å². The number of fused-ring (bicyclic) bond motifs is 1. The number of sulfone groups is 1. The van der Waals surface area contributed by atoms with Crippen LogP contribution in [-0.4, -0.2) is 49.4 Å². The molecular formula is C20H18F2N2O4S2. The molecule has 2 aliphatic rings. The molecule has 0 bridgehead atoms. The largest absolute Gasteiger partial charge is 0.497 e. The highest BCUT2D eigenvalue weighted by Crippen LogP contribution is 2.41. The van der Waals surface area contributed by atoms with Gasteiger partial charge in [0.1, 0.15) is 17.4 Å². The lowest BCUT2D eigenvalue weighted by Crippen LogP contribution is -2.38. The predicted octanol–water partition coefficient (Wildman–Crippen LogP) is 2.82. The van der Waals surface area contributed by atoms with Gasteiger partial charge in [0.25, 0.3) is 5.91 Å². The second-order valence-corrected chi connectivity index (χ2v) is 10.4. The summed E-state index contributed by atoms with van der Waals surface area (Å²) in [6.45, 7) is 0. The SMILES string of the molecule is COc1ccc(CC(=O)N=C2S[C@H]3CS(=O)(=O)C[C@@H]3N2c2ccc(F)cc2F)cc1. The molecule has 0 N–H and O–H groups in total. The summed E-state index contributed by atoms with van der Waals surface area (Å²) >= 11 is 1.14. The lowest BCUT2D eigenvalue weighted by Gasteiger charge is -2.24. The van der Waals surface area contributed by atoms with Crippen LogP contribution in [0.25, 0.3) is 0 Å². The second-order valence-electron chi connectivity index (χ2n) is 7.08. The van der Waals surface area contributed by atoms with E-state index in [2.05, 4.69) is 4.99 Å². The fourth-order valence-corrected chi connectivity index (χ4v) is 7.51. The standard InChI is InChI=1S/C20H18F2N2O4S2/c1-28-14-5-2-12(3-6-14)8-19(25)23-20-24(16-7-4-13(21)9-15(16)22)17-10-30(26,27)11-18(17)29-20/h2-7,9,17-18H,8,10-11H2,1H3/t17-,18-/m0/s1. The molecule has 0 aromatic heterocycles. The Morgan fingerprint density at radius 2 is 1.93 bits per heavy atom. The number of amides is 1. The van der Waals surface area contributed by atoms with Gasteiger partial charge in [-0.1, -0.05) is 23.9 Å². The average Bonchev–Trinajstić information content (AvgIpc) is 3.13. The van der Waals surface area contributed by atoms with Crippen LogP contribution in [-0.2, 0) is 21.1 Å². The summed E-state index contributed by atoms with van der Waals surface area (Å²) in [5.74, 6) is -1.61. The van der Waals surface area contributed by atoms with Gasteiger partial charge in [0.05, 0.1) is 36.8 Å². The molecule has 0 aliphatic carbocycles.